The Hall–Kier alpha value is -2.73. The maximum absolute atomic E-state index is 12.9. The van der Waals surface area contributed by atoms with Crippen LogP contribution in [0.25, 0.3) is 0 Å². The Bertz CT molecular complexity index is 891. The second-order valence-corrected chi connectivity index (χ2v) is 8.25. The van der Waals surface area contributed by atoms with E-state index in [4.69, 9.17) is 16.3 Å². The number of hydrogen-bond acceptors (Lipinski definition) is 4. The third-order valence-corrected chi connectivity index (χ3v) is 5.30. The number of carbonyl (C=O) groups excluding carboxylic acids is 2. The molecule has 7 heteroatoms. The summed E-state index contributed by atoms with van der Waals surface area (Å²) in [4.78, 5) is 28.9. The normalized spacial score (nSPS) is 14.0. The van der Waals surface area contributed by atoms with Gasteiger partial charge in [-0.05, 0) is 48.4 Å². The number of benzene rings is 2. The lowest BCUT2D eigenvalue weighted by Gasteiger charge is -2.36. The zero-order chi connectivity index (χ0) is 21.7. The van der Waals surface area contributed by atoms with Crippen LogP contribution in [0.5, 0.6) is 5.75 Å². The quantitative estimate of drug-likeness (QED) is 0.743. The number of methoxy groups -OCH3 is 1. The fourth-order valence-corrected chi connectivity index (χ4v) is 3.70. The number of nitrogens with one attached hydrogen (secondary N) is 1. The smallest absolute Gasteiger partial charge is 0.257 e. The van der Waals surface area contributed by atoms with Gasteiger partial charge in [0.25, 0.3) is 5.91 Å². The lowest BCUT2D eigenvalue weighted by atomic mass is 10.1. The summed E-state index contributed by atoms with van der Waals surface area (Å²) in [5.74, 6) is 0.815. The predicted molar refractivity (Wildman–Crippen MR) is 121 cm³/mol. The van der Waals surface area contributed by atoms with Crippen LogP contribution in [0, 0.1) is 5.92 Å². The van der Waals surface area contributed by atoms with Crippen molar-refractivity contribution in [2.45, 2.75) is 20.3 Å². The van der Waals surface area contributed by atoms with E-state index in [1.54, 1.807) is 25.3 Å². The summed E-state index contributed by atoms with van der Waals surface area (Å²) in [6.45, 7) is 6.73. The van der Waals surface area contributed by atoms with Gasteiger partial charge in [0.05, 0.1) is 12.7 Å². The molecule has 1 saturated heterocycles. The maximum atomic E-state index is 12.9. The molecule has 0 saturated carbocycles. The zero-order valence-electron chi connectivity index (χ0n) is 17.7. The lowest BCUT2D eigenvalue weighted by Crippen LogP contribution is -2.48. The minimum Gasteiger partial charge on any atom is -0.496 e. The Morgan fingerprint density at radius 3 is 2.33 bits per heavy atom. The van der Waals surface area contributed by atoms with Crippen molar-refractivity contribution in [3.05, 3.63) is 53.1 Å². The second-order valence-electron chi connectivity index (χ2n) is 7.82. The molecule has 2 amide bonds. The van der Waals surface area contributed by atoms with Crippen LogP contribution >= 0.6 is 11.6 Å². The van der Waals surface area contributed by atoms with Crippen molar-refractivity contribution in [1.29, 1.82) is 0 Å². The molecule has 0 aromatic heterocycles. The van der Waals surface area contributed by atoms with E-state index in [1.165, 1.54) is 0 Å². The van der Waals surface area contributed by atoms with Gasteiger partial charge in [-0.1, -0.05) is 25.4 Å². The molecular formula is C23H28ClN3O3. The summed E-state index contributed by atoms with van der Waals surface area (Å²) >= 11 is 6.07. The molecule has 3 rings (SSSR count). The van der Waals surface area contributed by atoms with E-state index in [0.29, 0.717) is 41.8 Å². The molecule has 0 radical (unpaired) electrons. The third-order valence-electron chi connectivity index (χ3n) is 5.07. The Morgan fingerprint density at radius 2 is 1.73 bits per heavy atom. The molecule has 1 N–H and O–H groups in total. The van der Waals surface area contributed by atoms with E-state index in [1.807, 2.05) is 43.0 Å². The van der Waals surface area contributed by atoms with Crippen LogP contribution in [0.1, 0.15) is 30.6 Å². The van der Waals surface area contributed by atoms with E-state index in [9.17, 15) is 9.59 Å². The van der Waals surface area contributed by atoms with E-state index < -0.39 is 0 Å². The Morgan fingerprint density at radius 1 is 1.07 bits per heavy atom. The first-order valence-electron chi connectivity index (χ1n) is 10.1. The van der Waals surface area contributed by atoms with Crippen LogP contribution in [-0.2, 0) is 4.79 Å². The second kappa shape index (κ2) is 9.85. The van der Waals surface area contributed by atoms with Crippen LogP contribution < -0.4 is 15.0 Å². The molecule has 160 valence electrons. The lowest BCUT2D eigenvalue weighted by molar-refractivity contribution is -0.116. The van der Waals surface area contributed by atoms with Gasteiger partial charge in [0.2, 0.25) is 5.91 Å². The van der Waals surface area contributed by atoms with Gasteiger partial charge in [-0.15, -0.1) is 0 Å². The molecule has 0 atom stereocenters. The van der Waals surface area contributed by atoms with E-state index in [0.717, 1.165) is 24.5 Å². The first-order valence-corrected chi connectivity index (χ1v) is 10.5. The van der Waals surface area contributed by atoms with Crippen LogP contribution in [-0.4, -0.2) is 50.0 Å². The molecular weight excluding hydrogens is 402 g/mol. The standard InChI is InChI=1S/C23H28ClN3O3/c1-16(2)14-22(28)25-18-5-7-19(8-6-18)26-10-12-27(13-11-26)23(29)20-15-17(24)4-9-21(20)30-3/h4-9,15-16H,10-14H2,1-3H3,(H,25,28). The van der Waals surface area contributed by atoms with Gasteiger partial charge in [-0.25, -0.2) is 0 Å². The molecule has 1 fully saturated rings. The molecule has 0 bridgehead atoms. The summed E-state index contributed by atoms with van der Waals surface area (Å²) < 4.78 is 5.32. The first-order chi connectivity index (χ1) is 14.4. The largest absolute Gasteiger partial charge is 0.496 e. The minimum absolute atomic E-state index is 0.0290. The summed E-state index contributed by atoms with van der Waals surface area (Å²) in [6.07, 6.45) is 0.509. The van der Waals surface area contributed by atoms with Gasteiger partial charge in [0.1, 0.15) is 5.75 Å². The van der Waals surface area contributed by atoms with Crippen molar-refractivity contribution in [2.75, 3.05) is 43.5 Å². The Balaban J connectivity index is 1.58. The topological polar surface area (TPSA) is 61.9 Å². The van der Waals surface area contributed by atoms with E-state index >= 15 is 0 Å². The average molecular weight is 430 g/mol. The van der Waals surface area contributed by atoms with Crippen LogP contribution in [0.2, 0.25) is 5.02 Å². The number of rotatable bonds is 6. The fraction of sp³-hybridized carbons (Fsp3) is 0.391. The van der Waals surface area contributed by atoms with Crippen molar-refractivity contribution in [3.8, 4) is 5.75 Å². The van der Waals surface area contributed by atoms with Crippen molar-refractivity contribution in [1.82, 2.24) is 4.90 Å². The van der Waals surface area contributed by atoms with Crippen molar-refractivity contribution >= 4 is 34.8 Å². The fourth-order valence-electron chi connectivity index (χ4n) is 3.52. The number of hydrogen-bond donors (Lipinski definition) is 1. The SMILES string of the molecule is COc1ccc(Cl)cc1C(=O)N1CCN(c2ccc(NC(=O)CC(C)C)cc2)CC1. The monoisotopic (exact) mass is 429 g/mol. The first kappa shape index (κ1) is 22.0. The molecule has 1 heterocycles. The number of halogens is 1. The van der Waals surface area contributed by atoms with E-state index in [-0.39, 0.29) is 11.8 Å². The average Bonchev–Trinajstić information content (AvgIpc) is 2.73. The number of nitrogens with zero attached hydrogens (tertiary/aromatic N) is 2. The van der Waals surface area contributed by atoms with Crippen molar-refractivity contribution in [3.63, 3.8) is 0 Å². The van der Waals surface area contributed by atoms with Gasteiger partial charge in [-0.2, -0.15) is 0 Å². The summed E-state index contributed by atoms with van der Waals surface area (Å²) in [6, 6.07) is 12.9. The highest BCUT2D eigenvalue weighted by Crippen LogP contribution is 2.25. The van der Waals surface area contributed by atoms with Crippen LogP contribution in [0.3, 0.4) is 0 Å². The minimum atomic E-state index is -0.0720. The molecule has 0 aliphatic carbocycles. The van der Waals surface area contributed by atoms with E-state index in [2.05, 4.69) is 10.2 Å². The predicted octanol–water partition coefficient (Wildman–Crippen LogP) is 4.30. The third kappa shape index (κ3) is 5.45. The number of carbonyl (C=O) groups is 2. The highest BCUT2D eigenvalue weighted by atomic mass is 35.5. The Labute approximate surface area is 182 Å². The van der Waals surface area contributed by atoms with Crippen molar-refractivity contribution < 1.29 is 14.3 Å². The molecule has 2 aromatic rings. The van der Waals surface area contributed by atoms with Crippen LogP contribution in [0.15, 0.2) is 42.5 Å². The number of amides is 2. The summed E-state index contributed by atoms with van der Waals surface area (Å²) in [5, 5.41) is 3.44. The molecule has 0 spiro atoms. The highest BCUT2D eigenvalue weighted by molar-refractivity contribution is 6.31. The summed E-state index contributed by atoms with van der Waals surface area (Å²) in [7, 11) is 1.55. The molecule has 0 unspecified atom stereocenters. The molecule has 1 aliphatic heterocycles. The number of anilines is 2. The highest BCUT2D eigenvalue weighted by Gasteiger charge is 2.24. The van der Waals surface area contributed by atoms with Gasteiger partial charge < -0.3 is 19.9 Å². The van der Waals surface area contributed by atoms with Gasteiger partial charge in [0.15, 0.2) is 0 Å². The Kier molecular flexibility index (Phi) is 7.21. The zero-order valence-corrected chi connectivity index (χ0v) is 18.4. The number of ether oxygens (including phenoxy) is 1. The van der Waals surface area contributed by atoms with Crippen LogP contribution in [0.4, 0.5) is 11.4 Å². The molecule has 6 nitrogen and oxygen atoms in total. The summed E-state index contributed by atoms with van der Waals surface area (Å²) in [5.41, 5.74) is 2.36. The molecule has 1 aliphatic rings. The van der Waals surface area contributed by atoms with Gasteiger partial charge >= 0.3 is 0 Å². The molecule has 30 heavy (non-hydrogen) atoms. The van der Waals surface area contributed by atoms with Gasteiger partial charge in [0, 0.05) is 49.0 Å². The maximum Gasteiger partial charge on any atom is 0.257 e. The number of piperazine rings is 1. The van der Waals surface area contributed by atoms with Crippen molar-refractivity contribution in [2.24, 2.45) is 5.92 Å². The molecule has 2 aromatic carbocycles. The van der Waals surface area contributed by atoms with Gasteiger partial charge in [-0.3, -0.25) is 9.59 Å².